The molecule has 0 aliphatic heterocycles. The van der Waals surface area contributed by atoms with Crippen LogP contribution in [0.15, 0.2) is 42.5 Å². The van der Waals surface area contributed by atoms with Crippen LogP contribution in [0.4, 0.5) is 11.4 Å². The first-order valence-electron chi connectivity index (χ1n) is 9.17. The van der Waals surface area contributed by atoms with Crippen molar-refractivity contribution in [1.82, 2.24) is 4.90 Å². The Bertz CT molecular complexity index is 841. The Kier molecular flexibility index (Phi) is 8.29. The Morgan fingerprint density at radius 1 is 0.862 bits per heavy atom. The summed E-state index contributed by atoms with van der Waals surface area (Å²) in [6, 6.07) is 12.2. The Morgan fingerprint density at radius 3 is 2.14 bits per heavy atom. The third kappa shape index (κ3) is 6.69. The third-order valence-electron chi connectivity index (χ3n) is 4.22. The molecule has 156 valence electrons. The first-order valence-corrected chi connectivity index (χ1v) is 9.17. The largest absolute Gasteiger partial charge is 0.497 e. The van der Waals surface area contributed by atoms with Crippen LogP contribution in [0, 0.1) is 0 Å². The summed E-state index contributed by atoms with van der Waals surface area (Å²) in [5.41, 5.74) is 1.14. The van der Waals surface area contributed by atoms with E-state index in [1.165, 1.54) is 7.11 Å². The molecule has 0 saturated heterocycles. The molecule has 0 atom stereocenters. The van der Waals surface area contributed by atoms with Crippen molar-refractivity contribution in [3.05, 3.63) is 42.5 Å². The maximum absolute atomic E-state index is 12.5. The lowest BCUT2D eigenvalue weighted by molar-refractivity contribution is -0.119. The Labute approximate surface area is 170 Å². The summed E-state index contributed by atoms with van der Waals surface area (Å²) in [6.45, 7) is 2.56. The molecule has 0 aliphatic rings. The number of anilines is 2. The molecule has 2 aromatic carbocycles. The van der Waals surface area contributed by atoms with Crippen LogP contribution in [-0.4, -0.2) is 57.7 Å². The lowest BCUT2D eigenvalue weighted by atomic mass is 10.2. The number of hydrogen-bond donors (Lipinski definition) is 2. The normalized spacial score (nSPS) is 10.4. The third-order valence-corrected chi connectivity index (χ3v) is 4.22. The summed E-state index contributed by atoms with van der Waals surface area (Å²) in [7, 11) is 4.64. The predicted octanol–water partition coefficient (Wildman–Crippen LogP) is 2.61. The smallest absolute Gasteiger partial charge is 0.238 e. The molecule has 2 aromatic rings. The highest BCUT2D eigenvalue weighted by Gasteiger charge is 2.15. The van der Waals surface area contributed by atoms with Crippen molar-refractivity contribution < 1.29 is 23.8 Å². The van der Waals surface area contributed by atoms with Gasteiger partial charge in [-0.15, -0.1) is 0 Å². The molecule has 0 spiro atoms. The van der Waals surface area contributed by atoms with Crippen molar-refractivity contribution in [1.29, 1.82) is 0 Å². The minimum atomic E-state index is -0.257. The fourth-order valence-electron chi connectivity index (χ4n) is 2.69. The van der Waals surface area contributed by atoms with Gasteiger partial charge in [-0.2, -0.15) is 0 Å². The molecular formula is C21H27N3O5. The number of nitrogens with zero attached hydrogens (tertiary/aromatic N) is 1. The summed E-state index contributed by atoms with van der Waals surface area (Å²) >= 11 is 0. The number of ether oxygens (including phenoxy) is 3. The number of benzene rings is 2. The minimum absolute atomic E-state index is 0.0579. The van der Waals surface area contributed by atoms with E-state index < -0.39 is 0 Å². The SMILES string of the molecule is CCN(CC(=O)Nc1cccc(OC)c1)CC(=O)Nc1cc(OC)ccc1OC. The van der Waals surface area contributed by atoms with E-state index in [4.69, 9.17) is 14.2 Å². The zero-order valence-electron chi connectivity index (χ0n) is 17.2. The number of hydrogen-bond acceptors (Lipinski definition) is 6. The summed E-state index contributed by atoms with van der Waals surface area (Å²) in [5.74, 6) is 1.31. The molecule has 0 heterocycles. The van der Waals surface area contributed by atoms with E-state index in [1.807, 2.05) is 6.92 Å². The minimum Gasteiger partial charge on any atom is -0.497 e. The maximum Gasteiger partial charge on any atom is 0.238 e. The van der Waals surface area contributed by atoms with Gasteiger partial charge in [-0.3, -0.25) is 14.5 Å². The molecule has 8 nitrogen and oxygen atoms in total. The van der Waals surface area contributed by atoms with Gasteiger partial charge in [0, 0.05) is 17.8 Å². The number of methoxy groups -OCH3 is 3. The Morgan fingerprint density at radius 2 is 1.52 bits per heavy atom. The monoisotopic (exact) mass is 401 g/mol. The van der Waals surface area contributed by atoms with Crippen molar-refractivity contribution in [2.45, 2.75) is 6.92 Å². The van der Waals surface area contributed by atoms with E-state index in [-0.39, 0.29) is 24.9 Å². The van der Waals surface area contributed by atoms with Gasteiger partial charge in [-0.05, 0) is 30.8 Å². The van der Waals surface area contributed by atoms with E-state index in [0.29, 0.717) is 35.2 Å². The van der Waals surface area contributed by atoms with Crippen LogP contribution in [0.5, 0.6) is 17.2 Å². The molecular weight excluding hydrogens is 374 g/mol. The molecule has 8 heteroatoms. The molecule has 0 aliphatic carbocycles. The van der Waals surface area contributed by atoms with Crippen molar-refractivity contribution in [2.75, 3.05) is 51.6 Å². The van der Waals surface area contributed by atoms with Gasteiger partial charge in [0.1, 0.15) is 17.2 Å². The van der Waals surface area contributed by atoms with Crippen LogP contribution < -0.4 is 24.8 Å². The second-order valence-corrected chi connectivity index (χ2v) is 6.20. The highest BCUT2D eigenvalue weighted by atomic mass is 16.5. The van der Waals surface area contributed by atoms with E-state index >= 15 is 0 Å². The fourth-order valence-corrected chi connectivity index (χ4v) is 2.69. The second-order valence-electron chi connectivity index (χ2n) is 6.20. The summed E-state index contributed by atoms with van der Waals surface area (Å²) in [6.07, 6.45) is 0. The Hall–Kier alpha value is -3.26. The molecule has 0 fully saturated rings. The first kappa shape index (κ1) is 22.0. The molecule has 0 aromatic heterocycles. The second kappa shape index (κ2) is 10.9. The van der Waals surface area contributed by atoms with E-state index in [0.717, 1.165) is 0 Å². The van der Waals surface area contributed by atoms with Crippen molar-refractivity contribution in [3.63, 3.8) is 0 Å². The molecule has 0 bridgehead atoms. The lowest BCUT2D eigenvalue weighted by Crippen LogP contribution is -2.38. The first-order chi connectivity index (χ1) is 14.0. The fraction of sp³-hybridized carbons (Fsp3) is 0.333. The van der Waals surface area contributed by atoms with E-state index in [2.05, 4.69) is 10.6 Å². The number of amides is 2. The quantitative estimate of drug-likeness (QED) is 0.636. The topological polar surface area (TPSA) is 89.1 Å². The van der Waals surface area contributed by atoms with Gasteiger partial charge in [-0.1, -0.05) is 13.0 Å². The molecule has 29 heavy (non-hydrogen) atoms. The summed E-state index contributed by atoms with van der Waals surface area (Å²) in [5, 5.41) is 5.61. The van der Waals surface area contributed by atoms with Gasteiger partial charge >= 0.3 is 0 Å². The van der Waals surface area contributed by atoms with Gasteiger partial charge in [0.05, 0.1) is 40.1 Å². The summed E-state index contributed by atoms with van der Waals surface area (Å²) in [4.78, 5) is 26.6. The average Bonchev–Trinajstić information content (AvgIpc) is 2.73. The predicted molar refractivity (Wildman–Crippen MR) is 112 cm³/mol. The van der Waals surface area contributed by atoms with E-state index in [1.54, 1.807) is 61.6 Å². The van der Waals surface area contributed by atoms with Crippen LogP contribution in [-0.2, 0) is 9.59 Å². The maximum atomic E-state index is 12.5. The van der Waals surface area contributed by atoms with Crippen LogP contribution in [0.3, 0.4) is 0 Å². The highest BCUT2D eigenvalue weighted by Crippen LogP contribution is 2.28. The van der Waals surface area contributed by atoms with Crippen LogP contribution in [0.25, 0.3) is 0 Å². The summed E-state index contributed by atoms with van der Waals surface area (Å²) < 4.78 is 15.6. The number of rotatable bonds is 10. The zero-order chi connectivity index (χ0) is 21.2. The number of nitrogens with one attached hydrogen (secondary N) is 2. The van der Waals surface area contributed by atoms with Crippen molar-refractivity contribution in [2.24, 2.45) is 0 Å². The number of carbonyl (C=O) groups excluding carboxylic acids is 2. The van der Waals surface area contributed by atoms with E-state index in [9.17, 15) is 9.59 Å². The van der Waals surface area contributed by atoms with Gasteiger partial charge in [0.15, 0.2) is 0 Å². The number of carbonyl (C=O) groups is 2. The Balaban J connectivity index is 1.95. The van der Waals surface area contributed by atoms with Crippen LogP contribution in [0.1, 0.15) is 6.92 Å². The highest BCUT2D eigenvalue weighted by molar-refractivity contribution is 5.95. The molecule has 0 unspecified atom stereocenters. The zero-order valence-corrected chi connectivity index (χ0v) is 17.2. The van der Waals surface area contributed by atoms with Crippen molar-refractivity contribution in [3.8, 4) is 17.2 Å². The molecule has 2 amide bonds. The number of likely N-dealkylation sites (N-methyl/N-ethyl adjacent to an activating group) is 1. The van der Waals surface area contributed by atoms with Crippen molar-refractivity contribution >= 4 is 23.2 Å². The molecule has 2 rings (SSSR count). The van der Waals surface area contributed by atoms with Gasteiger partial charge in [-0.25, -0.2) is 0 Å². The van der Waals surface area contributed by atoms with Crippen LogP contribution in [0.2, 0.25) is 0 Å². The lowest BCUT2D eigenvalue weighted by Gasteiger charge is -2.20. The van der Waals surface area contributed by atoms with Gasteiger partial charge < -0.3 is 24.8 Å². The molecule has 2 N–H and O–H groups in total. The van der Waals surface area contributed by atoms with Gasteiger partial charge in [0.2, 0.25) is 11.8 Å². The standard InChI is InChI=1S/C21H27N3O5/c1-5-24(13-20(25)22-15-7-6-8-16(11-15)27-2)14-21(26)23-18-12-17(28-3)9-10-19(18)29-4/h6-12H,5,13-14H2,1-4H3,(H,22,25)(H,23,26). The molecule has 0 saturated carbocycles. The van der Waals surface area contributed by atoms with Crippen LogP contribution >= 0.6 is 0 Å². The van der Waals surface area contributed by atoms with Gasteiger partial charge in [0.25, 0.3) is 0 Å². The molecule has 0 radical (unpaired) electrons. The average molecular weight is 401 g/mol.